The molecule has 0 bridgehead atoms. The van der Waals surface area contributed by atoms with Crippen LogP contribution < -0.4 is 0 Å². The highest BCUT2D eigenvalue weighted by Gasteiger charge is 2.10. The third-order valence-electron chi connectivity index (χ3n) is 3.04. The number of aryl methyl sites for hydroxylation is 1. The Bertz CT molecular complexity index is 660. The topological polar surface area (TPSA) is 60.2 Å². The summed E-state index contributed by atoms with van der Waals surface area (Å²) in [7, 11) is -3.10. The van der Waals surface area contributed by atoms with Crippen molar-refractivity contribution < 1.29 is 12.9 Å². The molecule has 0 N–H and O–H groups in total. The maximum atomic E-state index is 11.7. The van der Waals surface area contributed by atoms with Gasteiger partial charge in [0.1, 0.15) is 6.26 Å². The lowest BCUT2D eigenvalue weighted by Gasteiger charge is -2.04. The molecule has 4 nitrogen and oxygen atoms in total. The lowest BCUT2D eigenvalue weighted by molar-refractivity contribution is 0.414. The number of nitrogens with zero attached hydrogens (tertiary/aromatic N) is 1. The molecule has 108 valence electrons. The molecule has 0 aliphatic carbocycles. The Morgan fingerprint density at radius 3 is 2.45 bits per heavy atom. The Kier molecular flexibility index (Phi) is 4.88. The molecule has 20 heavy (non-hydrogen) atoms. The number of benzene rings is 1. The first-order valence-corrected chi connectivity index (χ1v) is 9.13. The molecule has 0 spiro atoms. The van der Waals surface area contributed by atoms with E-state index in [1.807, 2.05) is 19.1 Å². The summed E-state index contributed by atoms with van der Waals surface area (Å²) < 4.78 is 28.3. The van der Waals surface area contributed by atoms with Crippen molar-refractivity contribution in [3.05, 3.63) is 47.3 Å². The quantitative estimate of drug-likeness (QED) is 0.820. The Morgan fingerprint density at radius 2 is 1.90 bits per heavy atom. The van der Waals surface area contributed by atoms with Gasteiger partial charge in [0.25, 0.3) is 0 Å². The summed E-state index contributed by atoms with van der Waals surface area (Å²) in [4.78, 5) is 0.392. The number of thioether (sulfide) groups is 1. The van der Waals surface area contributed by atoms with E-state index in [0.717, 1.165) is 28.3 Å². The first kappa shape index (κ1) is 15.1. The molecule has 0 atom stereocenters. The van der Waals surface area contributed by atoms with Gasteiger partial charge in [0, 0.05) is 17.1 Å². The minimum absolute atomic E-state index is 0.133. The van der Waals surface area contributed by atoms with Crippen molar-refractivity contribution in [3.63, 3.8) is 0 Å². The molecule has 6 heteroatoms. The molecular weight excluding hydrogens is 294 g/mol. The second kappa shape index (κ2) is 6.45. The molecule has 0 saturated carbocycles. The van der Waals surface area contributed by atoms with Crippen LogP contribution in [-0.2, 0) is 21.3 Å². The van der Waals surface area contributed by atoms with Gasteiger partial charge in [-0.25, -0.2) is 8.42 Å². The summed E-state index contributed by atoms with van der Waals surface area (Å²) in [5.74, 6) is 1.80. The van der Waals surface area contributed by atoms with Gasteiger partial charge in [-0.05, 0) is 24.6 Å². The van der Waals surface area contributed by atoms with E-state index >= 15 is 0 Å². The normalized spacial score (nSPS) is 11.7. The molecule has 0 aliphatic rings. The van der Waals surface area contributed by atoms with E-state index in [2.05, 4.69) is 5.16 Å². The first-order valence-electron chi connectivity index (χ1n) is 6.32. The Balaban J connectivity index is 1.93. The standard InChI is InChI=1S/C14H17NO3S2/c1-3-20(16,17)14-6-4-12(5-7-14)9-19-10-13-8-18-15-11(13)2/h4-8H,3,9-10H2,1-2H3. The molecule has 2 aromatic rings. The fourth-order valence-electron chi connectivity index (χ4n) is 1.69. The third kappa shape index (κ3) is 3.64. The minimum Gasteiger partial charge on any atom is -0.364 e. The lowest BCUT2D eigenvalue weighted by Crippen LogP contribution is -2.03. The van der Waals surface area contributed by atoms with E-state index < -0.39 is 9.84 Å². The van der Waals surface area contributed by atoms with Crippen molar-refractivity contribution >= 4 is 21.6 Å². The minimum atomic E-state index is -3.10. The zero-order valence-corrected chi connectivity index (χ0v) is 13.1. The van der Waals surface area contributed by atoms with Gasteiger partial charge in [0.05, 0.1) is 16.3 Å². The monoisotopic (exact) mass is 311 g/mol. The summed E-state index contributed by atoms with van der Waals surface area (Å²) in [5, 5.41) is 3.84. The summed E-state index contributed by atoms with van der Waals surface area (Å²) >= 11 is 1.75. The highest BCUT2D eigenvalue weighted by atomic mass is 32.2. The van der Waals surface area contributed by atoms with Gasteiger partial charge in [0.2, 0.25) is 0 Å². The van der Waals surface area contributed by atoms with Crippen LogP contribution in [0.3, 0.4) is 0 Å². The fourth-order valence-corrected chi connectivity index (χ4v) is 3.60. The number of sulfone groups is 1. The molecule has 1 aromatic carbocycles. The van der Waals surface area contributed by atoms with Crippen LogP contribution in [0.4, 0.5) is 0 Å². The molecule has 0 fully saturated rings. The average Bonchev–Trinajstić information content (AvgIpc) is 2.85. The van der Waals surface area contributed by atoms with Gasteiger partial charge in [0.15, 0.2) is 9.84 Å². The largest absolute Gasteiger partial charge is 0.364 e. The maximum absolute atomic E-state index is 11.7. The zero-order chi connectivity index (χ0) is 14.6. The van der Waals surface area contributed by atoms with Crippen LogP contribution in [0.1, 0.15) is 23.7 Å². The molecule has 0 aliphatic heterocycles. The third-order valence-corrected chi connectivity index (χ3v) is 5.84. The van der Waals surface area contributed by atoms with E-state index in [9.17, 15) is 8.42 Å². The smallest absolute Gasteiger partial charge is 0.178 e. The SMILES string of the molecule is CCS(=O)(=O)c1ccc(CSCc2conc2C)cc1. The molecule has 1 aromatic heterocycles. The Labute approximate surface area is 123 Å². The van der Waals surface area contributed by atoms with Crippen molar-refractivity contribution in [2.24, 2.45) is 0 Å². The van der Waals surface area contributed by atoms with Crippen molar-refractivity contribution in [2.75, 3.05) is 5.75 Å². The second-order valence-electron chi connectivity index (χ2n) is 4.47. The van der Waals surface area contributed by atoms with Gasteiger partial charge in [-0.15, -0.1) is 0 Å². The van der Waals surface area contributed by atoms with E-state index in [1.165, 1.54) is 0 Å². The van der Waals surface area contributed by atoms with Crippen molar-refractivity contribution in [1.82, 2.24) is 5.16 Å². The first-order chi connectivity index (χ1) is 9.53. The van der Waals surface area contributed by atoms with Crippen molar-refractivity contribution in [2.45, 2.75) is 30.2 Å². The van der Waals surface area contributed by atoms with E-state index in [0.29, 0.717) is 4.90 Å². The van der Waals surface area contributed by atoms with Gasteiger partial charge < -0.3 is 4.52 Å². The predicted molar refractivity (Wildman–Crippen MR) is 80.4 cm³/mol. The van der Waals surface area contributed by atoms with Gasteiger partial charge >= 0.3 is 0 Å². The van der Waals surface area contributed by atoms with Crippen LogP contribution in [0.15, 0.2) is 39.9 Å². The summed E-state index contributed by atoms with van der Waals surface area (Å²) in [6.45, 7) is 3.57. The zero-order valence-electron chi connectivity index (χ0n) is 11.5. The van der Waals surface area contributed by atoms with Gasteiger partial charge in [-0.3, -0.25) is 0 Å². The predicted octanol–water partition coefficient (Wildman–Crippen LogP) is 3.21. The maximum Gasteiger partial charge on any atom is 0.178 e. The highest BCUT2D eigenvalue weighted by Crippen LogP contribution is 2.21. The lowest BCUT2D eigenvalue weighted by atomic mass is 10.2. The number of rotatable bonds is 6. The summed E-state index contributed by atoms with van der Waals surface area (Å²) in [6, 6.07) is 7.10. The number of hydrogen-bond acceptors (Lipinski definition) is 5. The van der Waals surface area contributed by atoms with Crippen LogP contribution in [0.25, 0.3) is 0 Å². The average molecular weight is 311 g/mol. The number of hydrogen-bond donors (Lipinski definition) is 0. The Morgan fingerprint density at radius 1 is 1.20 bits per heavy atom. The summed E-state index contributed by atoms with van der Waals surface area (Å²) in [6.07, 6.45) is 1.67. The van der Waals surface area contributed by atoms with E-state index in [1.54, 1.807) is 37.1 Å². The van der Waals surface area contributed by atoms with Crippen LogP contribution in [0.2, 0.25) is 0 Å². The number of aromatic nitrogens is 1. The molecule has 2 rings (SSSR count). The van der Waals surface area contributed by atoms with E-state index in [4.69, 9.17) is 4.52 Å². The molecule has 0 radical (unpaired) electrons. The van der Waals surface area contributed by atoms with Gasteiger partial charge in [-0.2, -0.15) is 11.8 Å². The van der Waals surface area contributed by atoms with Crippen LogP contribution in [0, 0.1) is 6.92 Å². The second-order valence-corrected chi connectivity index (χ2v) is 7.73. The van der Waals surface area contributed by atoms with Crippen molar-refractivity contribution in [1.29, 1.82) is 0 Å². The van der Waals surface area contributed by atoms with Crippen molar-refractivity contribution in [3.8, 4) is 0 Å². The van der Waals surface area contributed by atoms with E-state index in [-0.39, 0.29) is 5.75 Å². The van der Waals surface area contributed by atoms with Gasteiger partial charge in [-0.1, -0.05) is 24.2 Å². The van der Waals surface area contributed by atoms with Crippen LogP contribution in [-0.4, -0.2) is 19.3 Å². The molecule has 0 unspecified atom stereocenters. The molecule has 0 saturated heterocycles. The molecular formula is C14H17NO3S2. The van der Waals surface area contributed by atoms with Crippen LogP contribution in [0.5, 0.6) is 0 Å². The van der Waals surface area contributed by atoms with Crippen LogP contribution >= 0.6 is 11.8 Å². The summed E-state index contributed by atoms with van der Waals surface area (Å²) in [5.41, 5.74) is 3.13. The molecule has 1 heterocycles. The molecule has 0 amide bonds. The fraction of sp³-hybridized carbons (Fsp3) is 0.357. The Hall–Kier alpha value is -1.27. The highest BCUT2D eigenvalue weighted by molar-refractivity contribution is 7.97.